The van der Waals surface area contributed by atoms with E-state index in [9.17, 15) is 10.1 Å². The summed E-state index contributed by atoms with van der Waals surface area (Å²) < 4.78 is 5.48. The van der Waals surface area contributed by atoms with E-state index >= 15 is 0 Å². The van der Waals surface area contributed by atoms with Gasteiger partial charge in [-0.3, -0.25) is 4.79 Å². The lowest BCUT2D eigenvalue weighted by Gasteiger charge is -2.27. The summed E-state index contributed by atoms with van der Waals surface area (Å²) in [7, 11) is 0. The fourth-order valence-corrected chi connectivity index (χ4v) is 3.97. The second kappa shape index (κ2) is 7.86. The van der Waals surface area contributed by atoms with Crippen LogP contribution in [-0.4, -0.2) is 5.91 Å². The maximum absolute atomic E-state index is 12.0. The van der Waals surface area contributed by atoms with Crippen molar-refractivity contribution in [1.82, 2.24) is 5.32 Å². The fourth-order valence-electron chi connectivity index (χ4n) is 2.92. The second-order valence-electron chi connectivity index (χ2n) is 5.93. The fraction of sp³-hybridized carbons (Fsp3) is 0.150. The molecule has 1 aliphatic heterocycles. The molecular formula is C20H16N4O2S. The highest BCUT2D eigenvalue weighted by Crippen LogP contribution is 2.41. The maximum Gasteiger partial charge on any atom is 0.247 e. The number of hydrogen-bond acceptors (Lipinski definition) is 6. The number of primary amides is 1. The van der Waals surface area contributed by atoms with Gasteiger partial charge in [0.05, 0.1) is 46.1 Å². The number of dihydropyridines is 1. The molecule has 0 bridgehead atoms. The topological polar surface area (TPSA) is 116 Å². The molecule has 27 heavy (non-hydrogen) atoms. The van der Waals surface area contributed by atoms with Gasteiger partial charge in [-0.2, -0.15) is 10.5 Å². The summed E-state index contributed by atoms with van der Waals surface area (Å²) >= 11 is 1.45. The molecule has 2 aromatic rings. The van der Waals surface area contributed by atoms with Crippen LogP contribution in [-0.2, 0) is 10.5 Å². The van der Waals surface area contributed by atoms with Gasteiger partial charge in [0.2, 0.25) is 5.91 Å². The van der Waals surface area contributed by atoms with Crippen molar-refractivity contribution in [1.29, 1.82) is 10.5 Å². The molecule has 0 saturated heterocycles. The first-order valence-corrected chi connectivity index (χ1v) is 9.10. The van der Waals surface area contributed by atoms with Crippen LogP contribution in [0.3, 0.4) is 0 Å². The monoisotopic (exact) mass is 376 g/mol. The Morgan fingerprint density at radius 1 is 1.26 bits per heavy atom. The van der Waals surface area contributed by atoms with Crippen molar-refractivity contribution in [3.63, 3.8) is 0 Å². The van der Waals surface area contributed by atoms with Gasteiger partial charge in [0.1, 0.15) is 5.76 Å². The van der Waals surface area contributed by atoms with Crippen LogP contribution in [0, 0.1) is 22.7 Å². The Bertz CT molecular complexity index is 1010. The normalized spacial score (nSPS) is 16.5. The zero-order valence-corrected chi connectivity index (χ0v) is 15.3. The van der Waals surface area contributed by atoms with E-state index in [-0.39, 0.29) is 0 Å². The molecule has 2 heterocycles. The molecule has 1 aromatic heterocycles. The van der Waals surface area contributed by atoms with Crippen molar-refractivity contribution in [2.45, 2.75) is 18.6 Å². The molecule has 0 spiro atoms. The lowest BCUT2D eigenvalue weighted by molar-refractivity contribution is -0.114. The molecule has 1 unspecified atom stereocenters. The Hall–Kier alpha value is -3.42. The number of carbonyl (C=O) groups is 1. The van der Waals surface area contributed by atoms with Crippen LogP contribution < -0.4 is 11.1 Å². The molecule has 6 nitrogen and oxygen atoms in total. The Labute approximate surface area is 161 Å². The minimum Gasteiger partial charge on any atom is -0.468 e. The van der Waals surface area contributed by atoms with Crippen molar-refractivity contribution in [3.8, 4) is 12.1 Å². The number of allylic oxidation sites excluding steroid dienone is 2. The van der Waals surface area contributed by atoms with Crippen LogP contribution in [0.1, 0.15) is 29.7 Å². The summed E-state index contributed by atoms with van der Waals surface area (Å²) in [5.74, 6) is -0.126. The third kappa shape index (κ3) is 3.74. The summed E-state index contributed by atoms with van der Waals surface area (Å²) in [5, 5.41) is 22.5. The van der Waals surface area contributed by atoms with Gasteiger partial charge in [0.15, 0.2) is 0 Å². The van der Waals surface area contributed by atoms with E-state index < -0.39 is 11.8 Å². The van der Waals surface area contributed by atoms with Gasteiger partial charge in [-0.25, -0.2) is 0 Å². The van der Waals surface area contributed by atoms with E-state index in [0.717, 1.165) is 5.56 Å². The number of nitrogens with one attached hydrogen (secondary N) is 1. The first-order chi connectivity index (χ1) is 13.0. The van der Waals surface area contributed by atoms with Crippen molar-refractivity contribution >= 4 is 17.7 Å². The number of hydrogen-bond donors (Lipinski definition) is 2. The number of nitriles is 2. The van der Waals surface area contributed by atoms with E-state index in [2.05, 4.69) is 17.5 Å². The number of rotatable bonds is 5. The quantitative estimate of drug-likeness (QED) is 0.827. The minimum absolute atomic E-state index is 0.323. The van der Waals surface area contributed by atoms with E-state index in [1.165, 1.54) is 18.0 Å². The molecule has 0 aliphatic carbocycles. The van der Waals surface area contributed by atoms with Crippen LogP contribution in [0.4, 0.5) is 0 Å². The predicted octanol–water partition coefficient (Wildman–Crippen LogP) is 3.27. The SMILES string of the molecule is CC1=C(C(N)=O)C(c2ccco2)C(C#N)=C(SCc2ccc(C#N)cc2)N1. The van der Waals surface area contributed by atoms with Gasteiger partial charge < -0.3 is 15.5 Å². The second-order valence-corrected chi connectivity index (χ2v) is 6.91. The third-order valence-electron chi connectivity index (χ3n) is 4.21. The van der Waals surface area contributed by atoms with E-state index in [1.54, 1.807) is 31.2 Å². The number of carbonyl (C=O) groups excluding carboxylic acids is 1. The van der Waals surface area contributed by atoms with Gasteiger partial charge >= 0.3 is 0 Å². The molecule has 0 radical (unpaired) electrons. The highest BCUT2D eigenvalue weighted by molar-refractivity contribution is 8.02. The Kier molecular flexibility index (Phi) is 5.35. The van der Waals surface area contributed by atoms with Gasteiger partial charge in [-0.1, -0.05) is 12.1 Å². The summed E-state index contributed by atoms with van der Waals surface area (Å²) in [4.78, 5) is 12.0. The van der Waals surface area contributed by atoms with Gasteiger partial charge in [-0.05, 0) is 36.8 Å². The van der Waals surface area contributed by atoms with Crippen LogP contribution in [0.5, 0.6) is 0 Å². The van der Waals surface area contributed by atoms with Crippen molar-refractivity contribution in [3.05, 3.63) is 81.4 Å². The number of thioether (sulfide) groups is 1. The lowest BCUT2D eigenvalue weighted by Crippen LogP contribution is -2.30. The highest BCUT2D eigenvalue weighted by Gasteiger charge is 2.35. The van der Waals surface area contributed by atoms with Crippen molar-refractivity contribution in [2.24, 2.45) is 5.73 Å². The molecule has 3 rings (SSSR count). The summed E-state index contributed by atoms with van der Waals surface area (Å²) in [5.41, 5.74) is 8.49. The molecule has 0 fully saturated rings. The number of furan rings is 1. The molecule has 1 aliphatic rings. The standard InChI is InChI=1S/C20H16N4O2S/c1-12-17(19(23)25)18(16-3-2-8-26-16)15(10-22)20(24-12)27-11-14-6-4-13(9-21)5-7-14/h2-8,18,24H,11H2,1H3,(H2,23,25). The molecule has 134 valence electrons. The van der Waals surface area contributed by atoms with Crippen molar-refractivity contribution < 1.29 is 9.21 Å². The van der Waals surface area contributed by atoms with Crippen LogP contribution in [0.15, 0.2) is 69.0 Å². The van der Waals surface area contributed by atoms with E-state index in [0.29, 0.717) is 38.9 Å². The predicted molar refractivity (Wildman–Crippen MR) is 102 cm³/mol. The van der Waals surface area contributed by atoms with Crippen LogP contribution in [0.25, 0.3) is 0 Å². The molecule has 1 atom stereocenters. The van der Waals surface area contributed by atoms with E-state index in [4.69, 9.17) is 15.4 Å². The zero-order valence-electron chi connectivity index (χ0n) is 14.5. The summed E-state index contributed by atoms with van der Waals surface area (Å²) in [6.07, 6.45) is 1.50. The number of amides is 1. The van der Waals surface area contributed by atoms with Crippen LogP contribution >= 0.6 is 11.8 Å². The highest BCUT2D eigenvalue weighted by atomic mass is 32.2. The Morgan fingerprint density at radius 3 is 2.56 bits per heavy atom. The molecule has 1 amide bonds. The first-order valence-electron chi connectivity index (χ1n) is 8.12. The minimum atomic E-state index is -0.632. The third-order valence-corrected chi connectivity index (χ3v) is 5.30. The summed E-state index contributed by atoms with van der Waals surface area (Å²) in [6.45, 7) is 1.76. The zero-order chi connectivity index (χ0) is 19.4. The molecule has 0 saturated carbocycles. The Morgan fingerprint density at radius 2 is 2.00 bits per heavy atom. The first kappa shape index (κ1) is 18.4. The average Bonchev–Trinajstić information content (AvgIpc) is 3.20. The van der Waals surface area contributed by atoms with E-state index in [1.807, 2.05) is 12.1 Å². The number of nitrogens with zero attached hydrogens (tertiary/aromatic N) is 2. The lowest BCUT2D eigenvalue weighted by atomic mass is 9.86. The molecule has 3 N–H and O–H groups in total. The van der Waals surface area contributed by atoms with Gasteiger partial charge in [0, 0.05) is 11.4 Å². The van der Waals surface area contributed by atoms with Gasteiger partial charge in [-0.15, -0.1) is 11.8 Å². The van der Waals surface area contributed by atoms with Gasteiger partial charge in [0.25, 0.3) is 0 Å². The molecule has 7 heteroatoms. The summed E-state index contributed by atoms with van der Waals surface area (Å²) in [6, 6.07) is 15.0. The smallest absolute Gasteiger partial charge is 0.247 e. The Balaban J connectivity index is 1.93. The van der Waals surface area contributed by atoms with Crippen molar-refractivity contribution in [2.75, 3.05) is 0 Å². The number of benzene rings is 1. The van der Waals surface area contributed by atoms with Crippen LogP contribution in [0.2, 0.25) is 0 Å². The maximum atomic E-state index is 12.0. The largest absolute Gasteiger partial charge is 0.468 e. The number of nitrogens with two attached hydrogens (primary N) is 1. The molecule has 1 aromatic carbocycles. The molecular weight excluding hydrogens is 360 g/mol. The average molecular weight is 376 g/mol.